The molecule has 190 valence electrons. The predicted molar refractivity (Wildman–Crippen MR) is 148 cm³/mol. The molecule has 0 N–H and O–H groups in total. The first-order chi connectivity index (χ1) is 18.0. The zero-order valence-electron chi connectivity index (χ0n) is 20.4. The van der Waals surface area contributed by atoms with Crippen LogP contribution in [0.3, 0.4) is 0 Å². The van der Waals surface area contributed by atoms with Gasteiger partial charge in [-0.15, -0.1) is 0 Å². The highest BCUT2D eigenvalue weighted by molar-refractivity contribution is 9.10. The van der Waals surface area contributed by atoms with Crippen LogP contribution in [0.15, 0.2) is 88.2 Å². The van der Waals surface area contributed by atoms with Crippen LogP contribution in [0.5, 0.6) is 23.0 Å². The summed E-state index contributed by atoms with van der Waals surface area (Å²) in [4.78, 5) is 8.12. The molecule has 0 saturated heterocycles. The minimum atomic E-state index is 0.270. The third-order valence-corrected chi connectivity index (χ3v) is 6.17. The van der Waals surface area contributed by atoms with Gasteiger partial charge < -0.3 is 18.9 Å². The van der Waals surface area contributed by atoms with Gasteiger partial charge in [0.15, 0.2) is 0 Å². The molecular weight excluding hydrogens is 602 g/mol. The Balaban J connectivity index is 0.000000208. The number of methoxy groups -OCH3 is 2. The Kier molecular flexibility index (Phi) is 11.2. The van der Waals surface area contributed by atoms with Crippen LogP contribution in [-0.4, -0.2) is 24.2 Å². The van der Waals surface area contributed by atoms with Crippen LogP contribution in [0.25, 0.3) is 0 Å². The van der Waals surface area contributed by atoms with Gasteiger partial charge in [0, 0.05) is 24.7 Å². The van der Waals surface area contributed by atoms with Crippen molar-refractivity contribution in [2.75, 3.05) is 14.2 Å². The number of ether oxygens (including phenoxy) is 4. The average molecular weight is 627 g/mol. The Morgan fingerprint density at radius 1 is 0.757 bits per heavy atom. The summed E-state index contributed by atoms with van der Waals surface area (Å²) in [5.41, 5.74) is 2.83. The maximum atomic E-state index is 8.68. The summed E-state index contributed by atoms with van der Waals surface area (Å²) in [6, 6.07) is 21.1. The highest BCUT2D eigenvalue weighted by Gasteiger charge is 2.05. The molecule has 4 aromatic rings. The Hall–Kier alpha value is -3.61. The van der Waals surface area contributed by atoms with Crippen LogP contribution >= 0.6 is 31.9 Å². The smallest absolute Gasteiger partial charge is 0.137 e. The second-order valence-electron chi connectivity index (χ2n) is 7.52. The average Bonchev–Trinajstić information content (AvgIpc) is 2.94. The number of nitriles is 1. The lowest BCUT2D eigenvalue weighted by Crippen LogP contribution is -1.98. The Labute approximate surface area is 233 Å². The number of pyridine rings is 2. The van der Waals surface area contributed by atoms with Gasteiger partial charge in [-0.2, -0.15) is 5.26 Å². The molecule has 2 heterocycles. The second kappa shape index (κ2) is 14.8. The van der Waals surface area contributed by atoms with Crippen LogP contribution in [0.4, 0.5) is 0 Å². The van der Waals surface area contributed by atoms with Gasteiger partial charge in [-0.05, 0) is 73.3 Å². The third-order valence-electron chi connectivity index (χ3n) is 4.98. The van der Waals surface area contributed by atoms with Crippen molar-refractivity contribution in [3.05, 3.63) is 105 Å². The van der Waals surface area contributed by atoms with Crippen molar-refractivity contribution in [3.63, 3.8) is 0 Å². The number of hydrogen-bond acceptors (Lipinski definition) is 7. The minimum Gasteiger partial charge on any atom is -0.497 e. The normalized spacial score (nSPS) is 9.92. The quantitative estimate of drug-likeness (QED) is 0.199. The molecule has 37 heavy (non-hydrogen) atoms. The number of hydrogen-bond donors (Lipinski definition) is 0. The molecule has 0 bridgehead atoms. The Morgan fingerprint density at radius 3 is 1.81 bits per heavy atom. The summed E-state index contributed by atoms with van der Waals surface area (Å²) >= 11 is 6.77. The van der Waals surface area contributed by atoms with Gasteiger partial charge in [0.25, 0.3) is 0 Å². The van der Waals surface area contributed by atoms with Crippen molar-refractivity contribution >= 4 is 31.9 Å². The number of benzene rings is 2. The SMILES string of the molecule is COc1ccc(COc2cc(CC#N)ncc2Br)cc1.COc1ccc(COc2ccncc2Br)cc1. The van der Waals surface area contributed by atoms with E-state index >= 15 is 0 Å². The molecule has 0 aliphatic carbocycles. The number of rotatable bonds is 9. The van der Waals surface area contributed by atoms with E-state index in [-0.39, 0.29) is 6.42 Å². The lowest BCUT2D eigenvalue weighted by molar-refractivity contribution is 0.303. The molecule has 0 aliphatic heterocycles. The second-order valence-corrected chi connectivity index (χ2v) is 9.23. The molecule has 4 rings (SSSR count). The summed E-state index contributed by atoms with van der Waals surface area (Å²) in [5.74, 6) is 3.13. The van der Waals surface area contributed by atoms with Crippen LogP contribution in [-0.2, 0) is 19.6 Å². The standard InChI is InChI=1S/C15H13BrN2O2.C13H12BrNO2/c1-19-13-4-2-11(3-5-13)10-20-15-8-12(6-7-17)18-9-14(15)16;1-16-11-4-2-10(3-5-11)9-17-13-6-7-15-8-12(13)14/h2-5,8-9H,6,10H2,1H3;2-8H,9H2,1H3. The minimum absolute atomic E-state index is 0.270. The van der Waals surface area contributed by atoms with Crippen LogP contribution < -0.4 is 18.9 Å². The van der Waals surface area contributed by atoms with Crippen molar-refractivity contribution in [2.45, 2.75) is 19.6 Å². The number of nitrogens with zero attached hydrogens (tertiary/aromatic N) is 3. The monoisotopic (exact) mass is 625 g/mol. The lowest BCUT2D eigenvalue weighted by atomic mass is 10.2. The third kappa shape index (κ3) is 9.08. The van der Waals surface area contributed by atoms with E-state index in [4.69, 9.17) is 24.2 Å². The molecule has 0 spiro atoms. The molecule has 0 atom stereocenters. The summed E-state index contributed by atoms with van der Waals surface area (Å²) < 4.78 is 23.2. The molecule has 0 radical (unpaired) electrons. The van der Waals surface area contributed by atoms with Crippen molar-refractivity contribution < 1.29 is 18.9 Å². The van der Waals surface area contributed by atoms with Crippen LogP contribution in [0, 0.1) is 11.3 Å². The molecule has 9 heteroatoms. The molecule has 0 unspecified atom stereocenters. The summed E-state index contributed by atoms with van der Waals surface area (Å²) in [5, 5.41) is 8.68. The zero-order valence-corrected chi connectivity index (χ0v) is 23.5. The largest absolute Gasteiger partial charge is 0.497 e. The maximum Gasteiger partial charge on any atom is 0.137 e. The Bertz CT molecular complexity index is 1310. The summed E-state index contributed by atoms with van der Waals surface area (Å²) in [7, 11) is 3.29. The highest BCUT2D eigenvalue weighted by atomic mass is 79.9. The van der Waals surface area contributed by atoms with Crippen LogP contribution in [0.1, 0.15) is 16.8 Å². The molecule has 0 amide bonds. The predicted octanol–water partition coefficient (Wildman–Crippen LogP) is 6.93. The van der Waals surface area contributed by atoms with Crippen LogP contribution in [0.2, 0.25) is 0 Å². The summed E-state index contributed by atoms with van der Waals surface area (Å²) in [6.07, 6.45) is 5.33. The molecule has 2 aromatic carbocycles. The van der Waals surface area contributed by atoms with E-state index in [0.717, 1.165) is 37.3 Å². The van der Waals surface area contributed by atoms with Crippen molar-refractivity contribution in [1.82, 2.24) is 9.97 Å². The molecule has 2 aromatic heterocycles. The van der Waals surface area contributed by atoms with Gasteiger partial charge in [-0.3, -0.25) is 9.97 Å². The molecular formula is C28H25Br2N3O4. The molecule has 0 aliphatic rings. The van der Waals surface area contributed by atoms with Gasteiger partial charge >= 0.3 is 0 Å². The van der Waals surface area contributed by atoms with Gasteiger partial charge in [-0.1, -0.05) is 24.3 Å². The first-order valence-electron chi connectivity index (χ1n) is 11.1. The number of aromatic nitrogens is 2. The van der Waals surface area contributed by atoms with E-state index in [2.05, 4.69) is 47.9 Å². The van der Waals surface area contributed by atoms with E-state index in [1.807, 2.05) is 54.6 Å². The van der Waals surface area contributed by atoms with Gasteiger partial charge in [0.1, 0.15) is 36.2 Å². The van der Waals surface area contributed by atoms with E-state index in [9.17, 15) is 0 Å². The molecule has 7 nitrogen and oxygen atoms in total. The highest BCUT2D eigenvalue weighted by Crippen LogP contribution is 2.26. The van der Waals surface area contributed by atoms with E-state index < -0.39 is 0 Å². The van der Waals surface area contributed by atoms with Crippen molar-refractivity contribution in [2.24, 2.45) is 0 Å². The molecule has 0 saturated carbocycles. The van der Waals surface area contributed by atoms with E-state index in [0.29, 0.717) is 24.7 Å². The fraction of sp³-hybridized carbons (Fsp3) is 0.179. The fourth-order valence-electron chi connectivity index (χ4n) is 2.99. The molecule has 0 fully saturated rings. The Morgan fingerprint density at radius 2 is 1.30 bits per heavy atom. The fourth-order valence-corrected chi connectivity index (χ4v) is 3.69. The topological polar surface area (TPSA) is 86.5 Å². The van der Waals surface area contributed by atoms with Crippen molar-refractivity contribution in [3.8, 4) is 29.1 Å². The summed E-state index contributed by atoms with van der Waals surface area (Å²) in [6.45, 7) is 0.964. The van der Waals surface area contributed by atoms with Gasteiger partial charge in [0.05, 0.1) is 41.3 Å². The maximum absolute atomic E-state index is 8.68. The van der Waals surface area contributed by atoms with Gasteiger partial charge in [0.2, 0.25) is 0 Å². The number of halogens is 2. The lowest BCUT2D eigenvalue weighted by Gasteiger charge is -2.09. The van der Waals surface area contributed by atoms with E-state index in [1.54, 1.807) is 38.9 Å². The van der Waals surface area contributed by atoms with Crippen molar-refractivity contribution in [1.29, 1.82) is 5.26 Å². The first-order valence-corrected chi connectivity index (χ1v) is 12.7. The zero-order chi connectivity index (χ0) is 26.5. The first kappa shape index (κ1) is 28.0. The van der Waals surface area contributed by atoms with Gasteiger partial charge in [-0.25, -0.2) is 0 Å². The van der Waals surface area contributed by atoms with E-state index in [1.165, 1.54) is 0 Å².